The molecule has 1 fully saturated rings. The number of ether oxygens (including phenoxy) is 2. The second-order valence-electron chi connectivity index (χ2n) is 10.1. The van der Waals surface area contributed by atoms with Crippen LogP contribution in [0.15, 0.2) is 54.7 Å². The maximum atomic E-state index is 13.5. The molecule has 1 saturated heterocycles. The number of aromatic nitrogens is 1. The van der Waals surface area contributed by atoms with E-state index in [9.17, 15) is 9.59 Å². The van der Waals surface area contributed by atoms with Crippen LogP contribution in [0.4, 0.5) is 4.79 Å². The molecule has 0 radical (unpaired) electrons. The monoisotopic (exact) mass is 493 g/mol. The zero-order valence-corrected chi connectivity index (χ0v) is 21.3. The van der Waals surface area contributed by atoms with E-state index in [-0.39, 0.29) is 12.0 Å². The van der Waals surface area contributed by atoms with Gasteiger partial charge < -0.3 is 14.4 Å². The van der Waals surface area contributed by atoms with E-state index in [1.807, 2.05) is 63.2 Å². The molecule has 0 N–H and O–H groups in total. The minimum absolute atomic E-state index is 0.291. The van der Waals surface area contributed by atoms with Crippen LogP contribution in [0.25, 0.3) is 5.57 Å². The van der Waals surface area contributed by atoms with Gasteiger partial charge in [0.05, 0.1) is 6.54 Å². The van der Waals surface area contributed by atoms with Crippen LogP contribution in [-0.4, -0.2) is 58.5 Å². The summed E-state index contributed by atoms with van der Waals surface area (Å²) < 4.78 is 11.2. The van der Waals surface area contributed by atoms with Crippen LogP contribution < -0.4 is 0 Å². The van der Waals surface area contributed by atoms with Gasteiger partial charge >= 0.3 is 6.09 Å². The van der Waals surface area contributed by atoms with Gasteiger partial charge in [0.1, 0.15) is 11.3 Å². The summed E-state index contributed by atoms with van der Waals surface area (Å²) in [5, 5.41) is 1.36. The van der Waals surface area contributed by atoms with E-state index in [1.165, 1.54) is 5.06 Å². The molecular weight excluding hydrogens is 458 g/mol. The maximum Gasteiger partial charge on any atom is 0.410 e. The minimum Gasteiger partial charge on any atom is -0.444 e. The third-order valence-electron chi connectivity index (χ3n) is 5.99. The highest BCUT2D eigenvalue weighted by molar-refractivity contribution is 5.92. The van der Waals surface area contributed by atoms with Crippen molar-refractivity contribution in [2.24, 2.45) is 0 Å². The van der Waals surface area contributed by atoms with Crippen molar-refractivity contribution in [2.45, 2.75) is 64.9 Å². The van der Waals surface area contributed by atoms with Crippen LogP contribution in [0.3, 0.4) is 0 Å². The lowest BCUT2D eigenvalue weighted by atomic mass is 10.00. The molecule has 8 heteroatoms. The van der Waals surface area contributed by atoms with Crippen molar-refractivity contribution in [2.75, 3.05) is 19.7 Å². The topological polar surface area (TPSA) is 81.2 Å². The van der Waals surface area contributed by atoms with E-state index >= 15 is 0 Å². The van der Waals surface area contributed by atoms with Crippen LogP contribution >= 0.6 is 0 Å². The van der Waals surface area contributed by atoms with Gasteiger partial charge in [0.25, 0.3) is 5.91 Å². The fourth-order valence-corrected chi connectivity index (χ4v) is 4.14. The molecule has 1 aromatic carbocycles. The van der Waals surface area contributed by atoms with Gasteiger partial charge in [-0.15, -0.1) is 0 Å². The molecule has 0 spiro atoms. The van der Waals surface area contributed by atoms with E-state index in [1.54, 1.807) is 17.2 Å². The number of amides is 2. The molecule has 0 bridgehead atoms. The summed E-state index contributed by atoms with van der Waals surface area (Å²) in [6.07, 6.45) is 6.28. The number of nitrogens with zero attached hydrogens (tertiary/aromatic N) is 3. The predicted octanol–water partition coefficient (Wildman–Crippen LogP) is 5.21. The Morgan fingerprint density at radius 3 is 2.64 bits per heavy atom. The number of carbonyl (C=O) groups is 2. The number of hydrogen-bond acceptors (Lipinski definition) is 6. The van der Waals surface area contributed by atoms with Crippen molar-refractivity contribution in [3.63, 3.8) is 0 Å². The summed E-state index contributed by atoms with van der Waals surface area (Å²) in [6.45, 7) is 7.50. The van der Waals surface area contributed by atoms with Crippen molar-refractivity contribution in [3.05, 3.63) is 71.6 Å². The Kier molecular flexibility index (Phi) is 8.38. The van der Waals surface area contributed by atoms with Gasteiger partial charge in [-0.25, -0.2) is 14.7 Å². The third kappa shape index (κ3) is 7.15. The molecule has 2 aromatic rings. The molecule has 3 heterocycles. The highest BCUT2D eigenvalue weighted by Crippen LogP contribution is 2.25. The van der Waals surface area contributed by atoms with Gasteiger partial charge in [-0.1, -0.05) is 36.4 Å². The van der Waals surface area contributed by atoms with Crippen LogP contribution in [0.5, 0.6) is 0 Å². The predicted molar refractivity (Wildman–Crippen MR) is 136 cm³/mol. The van der Waals surface area contributed by atoms with Crippen molar-refractivity contribution in [1.29, 1.82) is 0 Å². The van der Waals surface area contributed by atoms with Crippen molar-refractivity contribution in [3.8, 4) is 0 Å². The SMILES string of the molecule is CC(C)(C)OC(=O)N1CC=C(c2ccnc(C(=O)N(Cc3ccccc3)OC3CCCCO3)c2)CC1. The van der Waals surface area contributed by atoms with Gasteiger partial charge in [-0.2, -0.15) is 0 Å². The maximum absolute atomic E-state index is 13.5. The second-order valence-corrected chi connectivity index (χ2v) is 10.1. The average Bonchev–Trinajstić information content (AvgIpc) is 2.88. The first kappa shape index (κ1) is 25.9. The Bertz CT molecular complexity index is 1070. The van der Waals surface area contributed by atoms with Crippen molar-refractivity contribution in [1.82, 2.24) is 14.9 Å². The van der Waals surface area contributed by atoms with E-state index in [0.717, 1.165) is 36.0 Å². The minimum atomic E-state index is -0.530. The van der Waals surface area contributed by atoms with E-state index < -0.39 is 11.9 Å². The smallest absolute Gasteiger partial charge is 0.410 e. The van der Waals surface area contributed by atoms with Gasteiger partial charge in [0, 0.05) is 32.3 Å². The standard InChI is InChI=1S/C28H35N3O5/c1-28(2,3)35-27(33)30-16-13-22(14-17-30)23-12-15-29-24(19-23)26(32)31(20-21-9-5-4-6-10-21)36-25-11-7-8-18-34-25/h4-6,9-10,12-13,15,19,25H,7-8,11,14,16-18,20H2,1-3H3. The summed E-state index contributed by atoms with van der Waals surface area (Å²) >= 11 is 0. The van der Waals surface area contributed by atoms with Gasteiger partial charge in [-0.3, -0.25) is 9.78 Å². The molecule has 0 saturated carbocycles. The summed E-state index contributed by atoms with van der Waals surface area (Å²) in [4.78, 5) is 38.0. The summed E-state index contributed by atoms with van der Waals surface area (Å²) in [7, 11) is 0. The summed E-state index contributed by atoms with van der Waals surface area (Å²) in [5.74, 6) is -0.318. The zero-order valence-electron chi connectivity index (χ0n) is 21.3. The number of carbonyl (C=O) groups excluding carboxylic acids is 2. The van der Waals surface area contributed by atoms with E-state index in [0.29, 0.717) is 38.4 Å². The number of hydroxylamine groups is 2. The van der Waals surface area contributed by atoms with Crippen LogP contribution in [0, 0.1) is 0 Å². The first-order valence-corrected chi connectivity index (χ1v) is 12.6. The molecule has 2 amide bonds. The molecule has 1 atom stereocenters. The summed E-state index contributed by atoms with van der Waals surface area (Å²) in [6, 6.07) is 13.4. The molecule has 192 valence electrons. The molecule has 2 aliphatic heterocycles. The largest absolute Gasteiger partial charge is 0.444 e. The third-order valence-corrected chi connectivity index (χ3v) is 5.99. The molecule has 36 heavy (non-hydrogen) atoms. The lowest BCUT2D eigenvalue weighted by Gasteiger charge is -2.30. The average molecular weight is 494 g/mol. The molecule has 4 rings (SSSR count). The zero-order chi connectivity index (χ0) is 25.5. The lowest BCUT2D eigenvalue weighted by molar-refractivity contribution is -0.270. The number of benzene rings is 1. The Hall–Kier alpha value is -3.23. The highest BCUT2D eigenvalue weighted by Gasteiger charge is 2.27. The Balaban J connectivity index is 1.48. The Labute approximate surface area is 212 Å². The quantitative estimate of drug-likeness (QED) is 0.514. The van der Waals surface area contributed by atoms with Crippen LogP contribution in [0.2, 0.25) is 0 Å². The van der Waals surface area contributed by atoms with Crippen LogP contribution in [0.1, 0.15) is 68.1 Å². The summed E-state index contributed by atoms with van der Waals surface area (Å²) in [5.41, 5.74) is 2.70. The van der Waals surface area contributed by atoms with Gasteiger partial charge in [-0.05, 0) is 68.9 Å². The van der Waals surface area contributed by atoms with Crippen molar-refractivity contribution < 1.29 is 23.9 Å². The molecule has 2 aliphatic rings. The second kappa shape index (κ2) is 11.7. The molecule has 0 aliphatic carbocycles. The van der Waals surface area contributed by atoms with Crippen molar-refractivity contribution >= 4 is 17.6 Å². The Morgan fingerprint density at radius 2 is 1.97 bits per heavy atom. The lowest BCUT2D eigenvalue weighted by Crippen LogP contribution is -2.39. The van der Waals surface area contributed by atoms with Crippen LogP contribution in [-0.2, 0) is 20.9 Å². The molecule has 1 unspecified atom stereocenters. The molecular formula is C28H35N3O5. The number of hydrogen-bond donors (Lipinski definition) is 0. The van der Waals surface area contributed by atoms with E-state index in [2.05, 4.69) is 4.98 Å². The molecule has 8 nitrogen and oxygen atoms in total. The first-order valence-electron chi connectivity index (χ1n) is 12.6. The van der Waals surface area contributed by atoms with Gasteiger partial charge in [0.2, 0.25) is 0 Å². The molecule has 1 aromatic heterocycles. The normalized spacial score (nSPS) is 18.4. The van der Waals surface area contributed by atoms with Gasteiger partial charge in [0.15, 0.2) is 6.29 Å². The highest BCUT2D eigenvalue weighted by atomic mass is 16.8. The first-order chi connectivity index (χ1) is 17.3. The Morgan fingerprint density at radius 1 is 1.17 bits per heavy atom. The fourth-order valence-electron chi connectivity index (χ4n) is 4.14. The number of pyridine rings is 1. The number of rotatable bonds is 6. The van der Waals surface area contributed by atoms with E-state index in [4.69, 9.17) is 14.3 Å². The fraction of sp³-hybridized carbons (Fsp3) is 0.464.